The normalized spacial score (nSPS) is 14.0. The summed E-state index contributed by atoms with van der Waals surface area (Å²) < 4.78 is 27.2. The molecule has 1 amide bonds. The average Bonchev–Trinajstić information content (AvgIpc) is 3.23. The maximum atomic E-state index is 12.4. The van der Waals surface area contributed by atoms with Gasteiger partial charge in [0.05, 0.1) is 16.3 Å². The van der Waals surface area contributed by atoms with Gasteiger partial charge in [-0.1, -0.05) is 24.3 Å². The van der Waals surface area contributed by atoms with Gasteiger partial charge in [-0.25, -0.2) is 13.1 Å². The first kappa shape index (κ1) is 21.0. The molecule has 0 atom stereocenters. The summed E-state index contributed by atoms with van der Waals surface area (Å²) in [6.45, 7) is 3.27. The standard InChI is InChI=1S/C21H25N3O4S/c1-16(25)17-7-6-8-18(15-17)29(27,28)22-12-11-21(26)23-19-9-2-3-10-20(19)24-13-4-5-14-24/h2-3,6-10,15,22H,4-5,11-14H2,1H3,(H,23,26). The molecule has 0 spiro atoms. The number of hydrogen-bond acceptors (Lipinski definition) is 5. The van der Waals surface area contributed by atoms with Gasteiger partial charge in [-0.2, -0.15) is 0 Å². The Morgan fingerprint density at radius 2 is 1.76 bits per heavy atom. The monoisotopic (exact) mass is 415 g/mol. The van der Waals surface area contributed by atoms with Crippen molar-refractivity contribution in [2.75, 3.05) is 29.9 Å². The highest BCUT2D eigenvalue weighted by Crippen LogP contribution is 2.28. The number of rotatable bonds is 8. The molecule has 1 heterocycles. The average molecular weight is 416 g/mol. The molecule has 8 heteroatoms. The molecule has 29 heavy (non-hydrogen) atoms. The van der Waals surface area contributed by atoms with Crippen LogP contribution in [-0.2, 0) is 14.8 Å². The van der Waals surface area contributed by atoms with E-state index in [0.29, 0.717) is 5.56 Å². The lowest BCUT2D eigenvalue weighted by Gasteiger charge is -2.21. The van der Waals surface area contributed by atoms with E-state index in [-0.39, 0.29) is 29.6 Å². The number of para-hydroxylation sites is 2. The van der Waals surface area contributed by atoms with Gasteiger partial charge in [0.25, 0.3) is 0 Å². The van der Waals surface area contributed by atoms with E-state index in [9.17, 15) is 18.0 Å². The Hall–Kier alpha value is -2.71. The minimum Gasteiger partial charge on any atom is -0.370 e. The quantitative estimate of drug-likeness (QED) is 0.647. The Morgan fingerprint density at radius 1 is 1.03 bits per heavy atom. The number of carbonyl (C=O) groups excluding carboxylic acids is 2. The number of ketones is 1. The predicted octanol–water partition coefficient (Wildman–Crippen LogP) is 2.80. The van der Waals surface area contributed by atoms with Crippen LogP contribution in [0.15, 0.2) is 53.4 Å². The smallest absolute Gasteiger partial charge is 0.240 e. The molecule has 0 radical (unpaired) electrons. The highest BCUT2D eigenvalue weighted by atomic mass is 32.2. The lowest BCUT2D eigenvalue weighted by Crippen LogP contribution is -2.28. The molecule has 154 valence electrons. The largest absolute Gasteiger partial charge is 0.370 e. The van der Waals surface area contributed by atoms with Crippen LogP contribution in [0.2, 0.25) is 0 Å². The molecule has 1 saturated heterocycles. The molecular weight excluding hydrogens is 390 g/mol. The fourth-order valence-electron chi connectivity index (χ4n) is 3.29. The van der Waals surface area contributed by atoms with E-state index < -0.39 is 10.0 Å². The van der Waals surface area contributed by atoms with Crippen molar-refractivity contribution in [2.45, 2.75) is 31.1 Å². The van der Waals surface area contributed by atoms with Crippen LogP contribution in [0, 0.1) is 0 Å². The van der Waals surface area contributed by atoms with Crippen molar-refractivity contribution in [2.24, 2.45) is 0 Å². The van der Waals surface area contributed by atoms with Crippen LogP contribution in [0.1, 0.15) is 36.5 Å². The van der Waals surface area contributed by atoms with Crippen LogP contribution in [0.3, 0.4) is 0 Å². The second-order valence-electron chi connectivity index (χ2n) is 6.99. The first-order valence-electron chi connectivity index (χ1n) is 9.61. The molecule has 0 saturated carbocycles. The Balaban J connectivity index is 1.58. The minimum atomic E-state index is -3.80. The first-order chi connectivity index (χ1) is 13.9. The number of Topliss-reactive ketones (excluding diaryl/α,β-unsaturated/α-hetero) is 1. The molecule has 1 fully saturated rings. The van der Waals surface area contributed by atoms with Crippen molar-refractivity contribution in [1.29, 1.82) is 0 Å². The van der Waals surface area contributed by atoms with Gasteiger partial charge in [0, 0.05) is 31.6 Å². The van der Waals surface area contributed by atoms with Gasteiger partial charge in [-0.15, -0.1) is 0 Å². The molecule has 0 aliphatic carbocycles. The number of hydrogen-bond donors (Lipinski definition) is 2. The Morgan fingerprint density at radius 3 is 2.48 bits per heavy atom. The number of nitrogens with one attached hydrogen (secondary N) is 2. The van der Waals surface area contributed by atoms with E-state index >= 15 is 0 Å². The highest BCUT2D eigenvalue weighted by Gasteiger charge is 2.18. The van der Waals surface area contributed by atoms with Crippen molar-refractivity contribution >= 4 is 33.1 Å². The van der Waals surface area contributed by atoms with E-state index in [2.05, 4.69) is 14.9 Å². The van der Waals surface area contributed by atoms with Gasteiger partial charge in [0.2, 0.25) is 15.9 Å². The number of sulfonamides is 1. The minimum absolute atomic E-state index is 0.0000364. The second kappa shape index (κ2) is 9.19. The van der Waals surface area contributed by atoms with Gasteiger partial charge < -0.3 is 10.2 Å². The van der Waals surface area contributed by atoms with Crippen molar-refractivity contribution in [3.63, 3.8) is 0 Å². The van der Waals surface area contributed by atoms with Gasteiger partial charge >= 0.3 is 0 Å². The SMILES string of the molecule is CC(=O)c1cccc(S(=O)(=O)NCCC(=O)Nc2ccccc2N2CCCC2)c1. The van der Waals surface area contributed by atoms with Crippen molar-refractivity contribution < 1.29 is 18.0 Å². The zero-order valence-corrected chi connectivity index (χ0v) is 17.2. The number of anilines is 2. The molecule has 1 aliphatic heterocycles. The van der Waals surface area contributed by atoms with Crippen LogP contribution >= 0.6 is 0 Å². The van der Waals surface area contributed by atoms with Crippen LogP contribution in [-0.4, -0.2) is 39.7 Å². The van der Waals surface area contributed by atoms with E-state index in [1.165, 1.54) is 25.1 Å². The van der Waals surface area contributed by atoms with E-state index in [4.69, 9.17) is 0 Å². The van der Waals surface area contributed by atoms with Gasteiger partial charge in [-0.05, 0) is 44.0 Å². The third kappa shape index (κ3) is 5.42. The van der Waals surface area contributed by atoms with E-state index in [0.717, 1.165) is 37.3 Å². The van der Waals surface area contributed by atoms with Crippen LogP contribution < -0.4 is 14.9 Å². The number of carbonyl (C=O) groups is 2. The summed E-state index contributed by atoms with van der Waals surface area (Å²) in [4.78, 5) is 26.0. The first-order valence-corrected chi connectivity index (χ1v) is 11.1. The summed E-state index contributed by atoms with van der Waals surface area (Å²) in [6, 6.07) is 13.5. The number of amides is 1. The van der Waals surface area contributed by atoms with E-state index in [1.807, 2.05) is 24.3 Å². The van der Waals surface area contributed by atoms with Crippen molar-refractivity contribution in [3.8, 4) is 0 Å². The lowest BCUT2D eigenvalue weighted by atomic mass is 10.2. The fraction of sp³-hybridized carbons (Fsp3) is 0.333. The Kier molecular flexibility index (Phi) is 6.66. The summed E-state index contributed by atoms with van der Waals surface area (Å²) in [7, 11) is -3.80. The molecule has 2 aromatic carbocycles. The highest BCUT2D eigenvalue weighted by molar-refractivity contribution is 7.89. The summed E-state index contributed by atoms with van der Waals surface area (Å²) in [5.74, 6) is -0.477. The van der Waals surface area contributed by atoms with Gasteiger partial charge in [-0.3, -0.25) is 9.59 Å². The third-order valence-corrected chi connectivity index (χ3v) is 6.28. The van der Waals surface area contributed by atoms with Gasteiger partial charge in [0.15, 0.2) is 5.78 Å². The zero-order chi connectivity index (χ0) is 20.9. The summed E-state index contributed by atoms with van der Waals surface area (Å²) in [5, 5.41) is 2.88. The number of benzene rings is 2. The zero-order valence-electron chi connectivity index (χ0n) is 16.3. The maximum Gasteiger partial charge on any atom is 0.240 e. The summed E-state index contributed by atoms with van der Waals surface area (Å²) in [5.41, 5.74) is 2.04. The summed E-state index contributed by atoms with van der Waals surface area (Å²) >= 11 is 0. The maximum absolute atomic E-state index is 12.4. The van der Waals surface area contributed by atoms with Gasteiger partial charge in [0.1, 0.15) is 0 Å². The molecule has 2 aromatic rings. The van der Waals surface area contributed by atoms with Crippen LogP contribution in [0.4, 0.5) is 11.4 Å². The van der Waals surface area contributed by atoms with E-state index in [1.54, 1.807) is 6.07 Å². The molecule has 7 nitrogen and oxygen atoms in total. The fourth-order valence-corrected chi connectivity index (χ4v) is 4.37. The molecular formula is C21H25N3O4S. The van der Waals surface area contributed by atoms with Crippen LogP contribution in [0.5, 0.6) is 0 Å². The Labute approximate surface area is 171 Å². The van der Waals surface area contributed by atoms with Crippen LogP contribution in [0.25, 0.3) is 0 Å². The van der Waals surface area contributed by atoms with Crippen molar-refractivity contribution in [3.05, 3.63) is 54.1 Å². The van der Waals surface area contributed by atoms with Crippen molar-refractivity contribution in [1.82, 2.24) is 4.72 Å². The lowest BCUT2D eigenvalue weighted by molar-refractivity contribution is -0.116. The summed E-state index contributed by atoms with van der Waals surface area (Å²) in [6.07, 6.45) is 2.27. The second-order valence-corrected chi connectivity index (χ2v) is 8.76. The molecule has 1 aliphatic rings. The predicted molar refractivity (Wildman–Crippen MR) is 113 cm³/mol. The molecule has 0 unspecified atom stereocenters. The topological polar surface area (TPSA) is 95.6 Å². The third-order valence-electron chi connectivity index (χ3n) is 4.82. The molecule has 0 bridgehead atoms. The molecule has 0 aromatic heterocycles. The molecule has 2 N–H and O–H groups in total. The Bertz CT molecular complexity index is 998. The number of nitrogens with zero attached hydrogens (tertiary/aromatic N) is 1. The molecule has 3 rings (SSSR count).